The quantitative estimate of drug-likeness (QED) is 0.849. The van der Waals surface area contributed by atoms with Gasteiger partial charge in [0.1, 0.15) is 12.3 Å². The molecule has 1 aliphatic carbocycles. The zero-order chi connectivity index (χ0) is 15.5. The van der Waals surface area contributed by atoms with Crippen LogP contribution in [-0.2, 0) is 17.8 Å². The van der Waals surface area contributed by atoms with Crippen LogP contribution in [0.15, 0.2) is 18.2 Å². The number of fused-ring (bicyclic) bond motifs is 1. The second-order valence-electron chi connectivity index (χ2n) is 5.27. The molecule has 2 aromatic rings. The number of methoxy groups -OCH3 is 1. The van der Waals surface area contributed by atoms with Gasteiger partial charge in [-0.2, -0.15) is 0 Å². The summed E-state index contributed by atoms with van der Waals surface area (Å²) in [6.07, 6.45) is 2.94. The number of anilines is 1. The number of carbonyl (C=O) groups excluding carboxylic acids is 1. The Morgan fingerprint density at radius 1 is 1.55 bits per heavy atom. The maximum Gasteiger partial charge on any atom is 0.242 e. The maximum atomic E-state index is 12.2. The number of amides is 1. The van der Waals surface area contributed by atoms with Crippen molar-refractivity contribution in [1.82, 2.24) is 25.5 Å². The molecule has 0 saturated carbocycles. The smallest absolute Gasteiger partial charge is 0.242 e. The van der Waals surface area contributed by atoms with Crippen molar-refractivity contribution in [2.24, 2.45) is 0 Å². The molecule has 1 aliphatic rings. The van der Waals surface area contributed by atoms with Crippen LogP contribution >= 0.6 is 0 Å². The van der Waals surface area contributed by atoms with Crippen LogP contribution in [0.4, 0.5) is 5.95 Å². The first-order valence-corrected chi connectivity index (χ1v) is 7.15. The van der Waals surface area contributed by atoms with E-state index in [1.807, 2.05) is 18.2 Å². The van der Waals surface area contributed by atoms with Gasteiger partial charge in [-0.3, -0.25) is 4.79 Å². The van der Waals surface area contributed by atoms with Gasteiger partial charge in [0, 0.05) is 0 Å². The molecule has 22 heavy (non-hydrogen) atoms. The monoisotopic (exact) mass is 302 g/mol. The lowest BCUT2D eigenvalue weighted by molar-refractivity contribution is -0.122. The lowest BCUT2D eigenvalue weighted by Crippen LogP contribution is -2.34. The van der Waals surface area contributed by atoms with E-state index in [0.29, 0.717) is 0 Å². The predicted octanol–water partition coefficient (Wildman–Crippen LogP) is 0.458. The van der Waals surface area contributed by atoms with Gasteiger partial charge in [0.25, 0.3) is 0 Å². The lowest BCUT2D eigenvalue weighted by Gasteiger charge is -2.26. The fourth-order valence-corrected chi connectivity index (χ4v) is 2.77. The number of ether oxygens (including phenoxy) is 1. The number of benzene rings is 1. The highest BCUT2D eigenvalue weighted by Gasteiger charge is 2.22. The van der Waals surface area contributed by atoms with Crippen LogP contribution in [0.3, 0.4) is 0 Å². The molecule has 0 radical (unpaired) electrons. The van der Waals surface area contributed by atoms with Gasteiger partial charge in [0.15, 0.2) is 0 Å². The fraction of sp³-hybridized carbons (Fsp3) is 0.429. The van der Waals surface area contributed by atoms with E-state index >= 15 is 0 Å². The fourth-order valence-electron chi connectivity index (χ4n) is 2.77. The number of tetrazole rings is 1. The summed E-state index contributed by atoms with van der Waals surface area (Å²) in [4.78, 5) is 12.2. The molecule has 8 heteroatoms. The summed E-state index contributed by atoms with van der Waals surface area (Å²) in [6, 6.07) is 5.97. The minimum absolute atomic E-state index is 0.000128. The molecule has 8 nitrogen and oxygen atoms in total. The van der Waals surface area contributed by atoms with E-state index in [0.717, 1.165) is 30.6 Å². The van der Waals surface area contributed by atoms with E-state index in [9.17, 15) is 4.79 Å². The van der Waals surface area contributed by atoms with E-state index < -0.39 is 0 Å². The molecule has 3 N–H and O–H groups in total. The van der Waals surface area contributed by atoms with E-state index in [-0.39, 0.29) is 24.4 Å². The van der Waals surface area contributed by atoms with E-state index in [2.05, 4.69) is 20.8 Å². The minimum atomic E-state index is -0.160. The van der Waals surface area contributed by atoms with Crippen molar-refractivity contribution >= 4 is 11.9 Å². The molecule has 1 atom stereocenters. The molecular weight excluding hydrogens is 284 g/mol. The van der Waals surface area contributed by atoms with Gasteiger partial charge in [-0.25, -0.2) is 4.68 Å². The summed E-state index contributed by atoms with van der Waals surface area (Å²) in [5.41, 5.74) is 7.93. The summed E-state index contributed by atoms with van der Waals surface area (Å²) in [7, 11) is 1.65. The lowest BCUT2D eigenvalue weighted by atomic mass is 9.87. The molecule has 116 valence electrons. The van der Waals surface area contributed by atoms with Gasteiger partial charge >= 0.3 is 0 Å². The molecule has 0 bridgehead atoms. The molecule has 1 aromatic carbocycles. The molecule has 0 saturated heterocycles. The predicted molar refractivity (Wildman–Crippen MR) is 79.0 cm³/mol. The number of hydrogen-bond acceptors (Lipinski definition) is 6. The third kappa shape index (κ3) is 2.85. The van der Waals surface area contributed by atoms with Crippen molar-refractivity contribution in [2.45, 2.75) is 31.8 Å². The average molecular weight is 302 g/mol. The van der Waals surface area contributed by atoms with Crippen molar-refractivity contribution in [2.75, 3.05) is 12.8 Å². The van der Waals surface area contributed by atoms with Crippen LogP contribution in [0.2, 0.25) is 0 Å². The van der Waals surface area contributed by atoms with E-state index in [1.54, 1.807) is 7.11 Å². The first kappa shape index (κ1) is 14.3. The molecule has 0 spiro atoms. The molecule has 0 aliphatic heterocycles. The maximum absolute atomic E-state index is 12.2. The van der Waals surface area contributed by atoms with Gasteiger partial charge in [-0.05, 0) is 52.9 Å². The molecule has 1 amide bonds. The second kappa shape index (κ2) is 6.00. The van der Waals surface area contributed by atoms with Crippen LogP contribution in [-0.4, -0.2) is 33.2 Å². The van der Waals surface area contributed by atoms with Crippen molar-refractivity contribution < 1.29 is 9.53 Å². The van der Waals surface area contributed by atoms with Crippen molar-refractivity contribution in [1.29, 1.82) is 0 Å². The molecule has 0 fully saturated rings. The average Bonchev–Trinajstić information content (AvgIpc) is 2.92. The number of rotatable bonds is 4. The second-order valence-corrected chi connectivity index (χ2v) is 5.27. The number of nitrogens with zero attached hydrogens (tertiary/aromatic N) is 4. The molecule has 1 heterocycles. The Kier molecular flexibility index (Phi) is 3.90. The number of carbonyl (C=O) groups is 1. The molecule has 1 aromatic heterocycles. The van der Waals surface area contributed by atoms with Crippen LogP contribution in [0.1, 0.15) is 30.0 Å². The first-order valence-electron chi connectivity index (χ1n) is 7.15. The van der Waals surface area contributed by atoms with Crippen molar-refractivity contribution in [3.05, 3.63) is 29.3 Å². The number of aromatic nitrogens is 4. The van der Waals surface area contributed by atoms with Crippen LogP contribution < -0.4 is 15.8 Å². The third-order valence-electron chi connectivity index (χ3n) is 3.85. The van der Waals surface area contributed by atoms with Crippen LogP contribution in [0, 0.1) is 0 Å². The first-order chi connectivity index (χ1) is 10.7. The zero-order valence-electron chi connectivity index (χ0n) is 12.3. The van der Waals surface area contributed by atoms with Crippen molar-refractivity contribution in [3.63, 3.8) is 0 Å². The normalized spacial score (nSPS) is 16.9. The highest BCUT2D eigenvalue weighted by molar-refractivity contribution is 5.76. The Bertz CT molecular complexity index is 684. The third-order valence-corrected chi connectivity index (χ3v) is 3.85. The SMILES string of the molecule is COc1ccc2c(c1)CCCC2NC(=O)Cn1nnnc1N. The summed E-state index contributed by atoms with van der Waals surface area (Å²) < 4.78 is 6.52. The van der Waals surface area contributed by atoms with Crippen LogP contribution in [0.25, 0.3) is 0 Å². The zero-order valence-corrected chi connectivity index (χ0v) is 12.3. The molecule has 3 rings (SSSR count). The Labute approximate surface area is 127 Å². The summed E-state index contributed by atoms with van der Waals surface area (Å²) in [5, 5.41) is 13.7. The Morgan fingerprint density at radius 2 is 2.41 bits per heavy atom. The molecule has 1 unspecified atom stereocenters. The van der Waals surface area contributed by atoms with Gasteiger partial charge in [-0.15, -0.1) is 0 Å². The minimum Gasteiger partial charge on any atom is -0.497 e. The summed E-state index contributed by atoms with van der Waals surface area (Å²) >= 11 is 0. The van der Waals surface area contributed by atoms with Gasteiger partial charge in [-0.1, -0.05) is 11.2 Å². The molecular formula is C14H18N6O2. The highest BCUT2D eigenvalue weighted by Crippen LogP contribution is 2.32. The van der Waals surface area contributed by atoms with Crippen molar-refractivity contribution in [3.8, 4) is 5.75 Å². The summed E-state index contributed by atoms with van der Waals surface area (Å²) in [6.45, 7) is 0.0147. The number of nitrogens with two attached hydrogens (primary N) is 1. The summed E-state index contributed by atoms with van der Waals surface area (Å²) in [5.74, 6) is 0.809. The van der Waals surface area contributed by atoms with E-state index in [4.69, 9.17) is 10.5 Å². The van der Waals surface area contributed by atoms with Gasteiger partial charge < -0.3 is 15.8 Å². The Morgan fingerprint density at radius 3 is 3.14 bits per heavy atom. The van der Waals surface area contributed by atoms with Crippen LogP contribution in [0.5, 0.6) is 5.75 Å². The standard InChI is InChI=1S/C14H18N6O2/c1-22-10-5-6-11-9(7-10)3-2-4-12(11)16-13(21)8-20-14(15)17-18-19-20/h5-7,12H,2-4,8H2,1H3,(H,16,21)(H2,15,17,19). The topological polar surface area (TPSA) is 108 Å². The van der Waals surface area contributed by atoms with Gasteiger partial charge in [0.05, 0.1) is 13.2 Å². The number of hydrogen-bond donors (Lipinski definition) is 2. The number of nitrogen functional groups attached to an aromatic ring is 1. The highest BCUT2D eigenvalue weighted by atomic mass is 16.5. The Hall–Kier alpha value is -2.64. The Balaban J connectivity index is 1.71. The van der Waals surface area contributed by atoms with E-state index in [1.165, 1.54) is 10.2 Å². The van der Waals surface area contributed by atoms with Gasteiger partial charge in [0.2, 0.25) is 11.9 Å². The largest absolute Gasteiger partial charge is 0.497 e. The number of nitrogens with one attached hydrogen (secondary N) is 1. The number of aryl methyl sites for hydroxylation is 1.